The molecule has 20 heavy (non-hydrogen) atoms. The van der Waals surface area contributed by atoms with Crippen LogP contribution in [0.3, 0.4) is 0 Å². The van der Waals surface area contributed by atoms with E-state index in [-0.39, 0.29) is 5.41 Å². The lowest BCUT2D eigenvalue weighted by atomic mass is 9.96. The molecule has 2 aromatic rings. The molecule has 108 valence electrons. The fourth-order valence-electron chi connectivity index (χ4n) is 1.60. The van der Waals surface area contributed by atoms with Crippen LogP contribution in [0.25, 0.3) is 0 Å². The van der Waals surface area contributed by atoms with E-state index in [0.717, 1.165) is 26.7 Å². The lowest BCUT2D eigenvalue weighted by molar-refractivity contribution is 0.412. The number of ether oxygens (including phenoxy) is 1. The van der Waals surface area contributed by atoms with E-state index in [2.05, 4.69) is 51.4 Å². The zero-order valence-corrected chi connectivity index (χ0v) is 14.4. The monoisotopic (exact) mass is 355 g/mol. The minimum absolute atomic E-state index is 0.0143. The standard InChI is InChI=1S/C14H18BrN3OS/c1-14(2,3)12-17-13(20-18-12)16-8-9-5-6-11(19-4)10(15)7-9/h5-7H,8H2,1-4H3,(H,16,17,18). The molecule has 0 spiro atoms. The molecule has 1 aromatic heterocycles. The average molecular weight is 356 g/mol. The Morgan fingerprint density at radius 2 is 2.10 bits per heavy atom. The average Bonchev–Trinajstić information content (AvgIpc) is 2.85. The zero-order chi connectivity index (χ0) is 14.8. The van der Waals surface area contributed by atoms with Crippen molar-refractivity contribution in [3.05, 3.63) is 34.1 Å². The van der Waals surface area contributed by atoms with Gasteiger partial charge < -0.3 is 10.1 Å². The number of benzene rings is 1. The summed E-state index contributed by atoms with van der Waals surface area (Å²) < 4.78 is 10.6. The molecular weight excluding hydrogens is 338 g/mol. The highest BCUT2D eigenvalue weighted by Gasteiger charge is 2.19. The maximum atomic E-state index is 5.22. The van der Waals surface area contributed by atoms with Gasteiger partial charge in [-0.3, -0.25) is 0 Å². The molecule has 0 unspecified atom stereocenters. The van der Waals surface area contributed by atoms with Crippen LogP contribution >= 0.6 is 27.5 Å². The van der Waals surface area contributed by atoms with E-state index in [4.69, 9.17) is 4.74 Å². The van der Waals surface area contributed by atoms with E-state index < -0.39 is 0 Å². The normalized spacial score (nSPS) is 11.4. The van der Waals surface area contributed by atoms with Gasteiger partial charge in [-0.25, -0.2) is 4.98 Å². The van der Waals surface area contributed by atoms with Gasteiger partial charge in [-0.05, 0) is 33.6 Å². The van der Waals surface area contributed by atoms with E-state index >= 15 is 0 Å². The largest absolute Gasteiger partial charge is 0.496 e. The molecule has 6 heteroatoms. The molecular formula is C14H18BrN3OS. The Bertz CT molecular complexity index is 592. The van der Waals surface area contributed by atoms with Gasteiger partial charge in [-0.2, -0.15) is 4.37 Å². The summed E-state index contributed by atoms with van der Waals surface area (Å²) in [6, 6.07) is 6.02. The van der Waals surface area contributed by atoms with Crippen molar-refractivity contribution in [1.82, 2.24) is 9.36 Å². The Hall–Kier alpha value is -1.14. The van der Waals surface area contributed by atoms with Crippen LogP contribution in [0.5, 0.6) is 5.75 Å². The van der Waals surface area contributed by atoms with Crippen molar-refractivity contribution in [3.8, 4) is 5.75 Å². The zero-order valence-electron chi connectivity index (χ0n) is 12.0. The first kappa shape index (κ1) is 15.3. The maximum Gasteiger partial charge on any atom is 0.202 e. The Morgan fingerprint density at radius 3 is 2.65 bits per heavy atom. The summed E-state index contributed by atoms with van der Waals surface area (Å²) in [4.78, 5) is 4.51. The first-order valence-electron chi connectivity index (χ1n) is 6.30. The molecule has 1 heterocycles. The molecule has 0 aliphatic rings. The van der Waals surface area contributed by atoms with Crippen LogP contribution in [0, 0.1) is 0 Å². The smallest absolute Gasteiger partial charge is 0.202 e. The predicted octanol–water partition coefficient (Wildman–Crippen LogP) is 4.22. The second kappa shape index (κ2) is 6.10. The van der Waals surface area contributed by atoms with Gasteiger partial charge in [-0.1, -0.05) is 26.8 Å². The van der Waals surface area contributed by atoms with Gasteiger partial charge in [0.2, 0.25) is 5.13 Å². The topological polar surface area (TPSA) is 47.0 Å². The molecule has 0 aliphatic carbocycles. The third-order valence-corrected chi connectivity index (χ3v) is 4.05. The number of rotatable bonds is 4. The number of anilines is 1. The second-order valence-electron chi connectivity index (χ2n) is 5.50. The first-order chi connectivity index (χ1) is 9.40. The fraction of sp³-hybridized carbons (Fsp3) is 0.429. The quantitative estimate of drug-likeness (QED) is 0.891. The van der Waals surface area contributed by atoms with Crippen LogP contribution in [0.15, 0.2) is 22.7 Å². The van der Waals surface area contributed by atoms with Gasteiger partial charge in [-0.15, -0.1) is 0 Å². The van der Waals surface area contributed by atoms with Crippen molar-refractivity contribution in [2.24, 2.45) is 0 Å². The van der Waals surface area contributed by atoms with Crippen LogP contribution in [-0.2, 0) is 12.0 Å². The van der Waals surface area contributed by atoms with Crippen molar-refractivity contribution in [2.75, 3.05) is 12.4 Å². The van der Waals surface area contributed by atoms with Gasteiger partial charge >= 0.3 is 0 Å². The van der Waals surface area contributed by atoms with Gasteiger partial charge in [0.25, 0.3) is 0 Å². The van der Waals surface area contributed by atoms with E-state index in [1.165, 1.54) is 11.5 Å². The third kappa shape index (κ3) is 3.70. The Balaban J connectivity index is 2.02. The Morgan fingerprint density at radius 1 is 1.35 bits per heavy atom. The second-order valence-corrected chi connectivity index (χ2v) is 7.10. The van der Waals surface area contributed by atoms with Crippen molar-refractivity contribution >= 4 is 32.6 Å². The highest BCUT2D eigenvalue weighted by molar-refractivity contribution is 9.10. The van der Waals surface area contributed by atoms with Crippen LogP contribution in [-0.4, -0.2) is 16.5 Å². The molecule has 0 fully saturated rings. The minimum atomic E-state index is -0.0143. The van der Waals surface area contributed by atoms with Crippen LogP contribution in [0.4, 0.5) is 5.13 Å². The van der Waals surface area contributed by atoms with E-state index in [9.17, 15) is 0 Å². The fourth-order valence-corrected chi connectivity index (χ4v) is 2.94. The van der Waals surface area contributed by atoms with Gasteiger partial charge in [0, 0.05) is 23.5 Å². The molecule has 0 amide bonds. The molecule has 2 rings (SSSR count). The lowest BCUT2D eigenvalue weighted by Gasteiger charge is -2.12. The summed E-state index contributed by atoms with van der Waals surface area (Å²) in [7, 11) is 1.66. The predicted molar refractivity (Wildman–Crippen MR) is 86.6 cm³/mol. The molecule has 0 radical (unpaired) electrons. The van der Waals surface area contributed by atoms with E-state index in [1.807, 2.05) is 18.2 Å². The number of methoxy groups -OCH3 is 1. The number of nitrogens with zero attached hydrogens (tertiary/aromatic N) is 2. The Kier molecular flexibility index (Phi) is 4.65. The molecule has 0 atom stereocenters. The van der Waals surface area contributed by atoms with E-state index in [1.54, 1.807) is 7.11 Å². The maximum absolute atomic E-state index is 5.22. The molecule has 0 saturated carbocycles. The molecule has 0 bridgehead atoms. The van der Waals surface area contributed by atoms with Crippen molar-refractivity contribution in [3.63, 3.8) is 0 Å². The van der Waals surface area contributed by atoms with E-state index in [0.29, 0.717) is 6.54 Å². The number of hydrogen-bond acceptors (Lipinski definition) is 5. The minimum Gasteiger partial charge on any atom is -0.496 e. The SMILES string of the molecule is COc1ccc(CNc2nc(C(C)(C)C)ns2)cc1Br. The van der Waals surface area contributed by atoms with Gasteiger partial charge in [0.15, 0.2) is 0 Å². The van der Waals surface area contributed by atoms with Crippen molar-refractivity contribution < 1.29 is 4.74 Å². The summed E-state index contributed by atoms with van der Waals surface area (Å²) in [6.07, 6.45) is 0. The summed E-state index contributed by atoms with van der Waals surface area (Å²) in [5, 5.41) is 4.15. The summed E-state index contributed by atoms with van der Waals surface area (Å²) in [5.41, 5.74) is 1.14. The molecule has 1 N–H and O–H groups in total. The van der Waals surface area contributed by atoms with Crippen LogP contribution in [0.2, 0.25) is 0 Å². The summed E-state index contributed by atoms with van der Waals surface area (Å²) in [5.74, 6) is 1.71. The van der Waals surface area contributed by atoms with Crippen LogP contribution < -0.4 is 10.1 Å². The number of hydrogen-bond donors (Lipinski definition) is 1. The highest BCUT2D eigenvalue weighted by Crippen LogP contribution is 2.26. The molecule has 4 nitrogen and oxygen atoms in total. The molecule has 0 aliphatic heterocycles. The first-order valence-corrected chi connectivity index (χ1v) is 7.87. The summed E-state index contributed by atoms with van der Waals surface area (Å²) >= 11 is 4.88. The molecule has 1 aromatic carbocycles. The number of halogens is 1. The number of nitrogens with one attached hydrogen (secondary N) is 1. The lowest BCUT2D eigenvalue weighted by Crippen LogP contribution is -2.13. The van der Waals surface area contributed by atoms with Crippen molar-refractivity contribution in [1.29, 1.82) is 0 Å². The third-order valence-electron chi connectivity index (χ3n) is 2.76. The number of aromatic nitrogens is 2. The Labute approximate surface area is 131 Å². The van der Waals surface area contributed by atoms with Crippen molar-refractivity contribution in [2.45, 2.75) is 32.7 Å². The van der Waals surface area contributed by atoms with Gasteiger partial charge in [0.1, 0.15) is 11.6 Å². The van der Waals surface area contributed by atoms with Gasteiger partial charge in [0.05, 0.1) is 11.6 Å². The summed E-state index contributed by atoms with van der Waals surface area (Å²) in [6.45, 7) is 7.04. The van der Waals surface area contributed by atoms with Crippen LogP contribution in [0.1, 0.15) is 32.2 Å². The highest BCUT2D eigenvalue weighted by atomic mass is 79.9. The molecule has 0 saturated heterocycles.